The van der Waals surface area contributed by atoms with Gasteiger partial charge in [-0.1, -0.05) is 79.9 Å². The monoisotopic (exact) mass is 913 g/mol. The zero-order chi connectivity index (χ0) is 47.0. The largest absolute Gasteiger partial charge is 0.488 e. The lowest BCUT2D eigenvalue weighted by molar-refractivity contribution is -0.138. The first-order chi connectivity index (χ1) is 31.2. The maximum atomic E-state index is 12.5. The number of halogens is 2. The molecule has 0 saturated heterocycles. The van der Waals surface area contributed by atoms with Gasteiger partial charge in [0.2, 0.25) is 0 Å². The number of nitrogens with zero attached hydrogens (tertiary/aromatic N) is 4. The van der Waals surface area contributed by atoms with Crippen LogP contribution in [-0.4, -0.2) is 26.8 Å². The maximum absolute atomic E-state index is 12.5. The number of hydrogen-bond acceptors (Lipinski definition) is 11. The van der Waals surface area contributed by atoms with E-state index in [0.717, 1.165) is 50.9 Å². The fraction of sp³-hybridized carbons (Fsp3) is 0.255. The summed E-state index contributed by atoms with van der Waals surface area (Å²) in [5.41, 5.74) is 15.3. The van der Waals surface area contributed by atoms with Crippen LogP contribution >= 0.6 is 23.2 Å². The highest BCUT2D eigenvalue weighted by Gasteiger charge is 2.18. The van der Waals surface area contributed by atoms with Crippen LogP contribution in [0.15, 0.2) is 97.6 Å². The zero-order valence-corrected chi connectivity index (χ0v) is 38.3. The number of aromatic nitrogens is 2. The standard InChI is InChI=1S/C45H37Cl2N5O5.C6H12O2/c1-27-34(25-56-44-14-42(36(18-50)12-40(44)46)54-23-32-10-30(16-48)19-51-21-32)6-4-8-37(27)38-9-5-7-35(28(38)2)26-57-45-15-43(39(29(3)53)13-41(45)47)55-24-33-11-31(17-49)20-52-22-33;1-3-5(2)4-6(7)8/h4-15,19-22H,18,23-26,50H2,1-3H3;5H,3-4H2,1-2H3,(H,7,8). The number of pyridine rings is 2. The van der Waals surface area contributed by atoms with Crippen LogP contribution in [0.3, 0.4) is 0 Å². The van der Waals surface area contributed by atoms with E-state index in [9.17, 15) is 20.1 Å². The van der Waals surface area contributed by atoms with Gasteiger partial charge in [-0.25, -0.2) is 0 Å². The van der Waals surface area contributed by atoms with Crippen LogP contribution in [0.1, 0.15) is 94.0 Å². The molecular weight excluding hydrogens is 865 g/mol. The predicted octanol–water partition coefficient (Wildman–Crippen LogP) is 11.3. The van der Waals surface area contributed by atoms with Crippen molar-refractivity contribution in [3.63, 3.8) is 0 Å². The van der Waals surface area contributed by atoms with Crippen molar-refractivity contribution in [3.8, 4) is 46.3 Å². The van der Waals surface area contributed by atoms with Crippen molar-refractivity contribution in [2.24, 2.45) is 11.7 Å². The van der Waals surface area contributed by atoms with Crippen LogP contribution in [0.25, 0.3) is 11.1 Å². The Morgan fingerprint density at radius 2 is 1.17 bits per heavy atom. The Hall–Kier alpha value is -6.96. The third kappa shape index (κ3) is 13.5. The fourth-order valence-electron chi connectivity index (χ4n) is 6.61. The molecule has 14 heteroatoms. The lowest BCUT2D eigenvalue weighted by atomic mass is 9.92. The number of carbonyl (C=O) groups is 2. The first-order valence-electron chi connectivity index (χ1n) is 20.7. The van der Waals surface area contributed by atoms with Gasteiger partial charge in [-0.2, -0.15) is 10.5 Å². The number of carboxylic acid groups (broad SMARTS) is 1. The molecule has 6 rings (SSSR count). The number of aliphatic carboxylic acids is 1. The number of ether oxygens (including phenoxy) is 4. The molecule has 0 spiro atoms. The molecule has 1 unspecified atom stereocenters. The van der Waals surface area contributed by atoms with Gasteiger partial charge in [0.1, 0.15) is 61.6 Å². The van der Waals surface area contributed by atoms with E-state index in [4.69, 9.17) is 53.0 Å². The highest BCUT2D eigenvalue weighted by atomic mass is 35.5. The second kappa shape index (κ2) is 23.6. The van der Waals surface area contributed by atoms with Crippen molar-refractivity contribution in [1.82, 2.24) is 9.97 Å². The molecule has 4 aromatic carbocycles. The number of carboxylic acids is 1. The molecule has 12 nitrogen and oxygen atoms in total. The molecule has 0 amide bonds. The number of nitrogens with two attached hydrogens (primary N) is 1. The lowest BCUT2D eigenvalue weighted by Crippen LogP contribution is -2.06. The van der Waals surface area contributed by atoms with E-state index in [1.54, 1.807) is 48.8 Å². The second-order valence-electron chi connectivity index (χ2n) is 15.3. The Morgan fingerprint density at radius 3 is 1.62 bits per heavy atom. The van der Waals surface area contributed by atoms with Crippen LogP contribution in [-0.2, 0) is 37.8 Å². The first-order valence-corrected chi connectivity index (χ1v) is 21.5. The molecule has 1 atom stereocenters. The normalized spacial score (nSPS) is 11.0. The van der Waals surface area contributed by atoms with E-state index in [0.29, 0.717) is 62.6 Å². The quantitative estimate of drug-likeness (QED) is 0.0777. The Balaban J connectivity index is 0.000000905. The Bertz CT molecular complexity index is 2750. The Morgan fingerprint density at radius 1 is 0.692 bits per heavy atom. The van der Waals surface area contributed by atoms with E-state index in [1.165, 1.54) is 19.3 Å². The summed E-state index contributed by atoms with van der Waals surface area (Å²) in [5.74, 6) is 1.06. The van der Waals surface area contributed by atoms with E-state index >= 15 is 0 Å². The van der Waals surface area contributed by atoms with Crippen molar-refractivity contribution in [1.29, 1.82) is 10.5 Å². The summed E-state index contributed by atoms with van der Waals surface area (Å²) in [7, 11) is 0. The van der Waals surface area contributed by atoms with Gasteiger partial charge in [-0.15, -0.1) is 0 Å². The molecule has 334 valence electrons. The molecule has 65 heavy (non-hydrogen) atoms. The maximum Gasteiger partial charge on any atom is 0.303 e. The predicted molar refractivity (Wildman–Crippen MR) is 249 cm³/mol. The lowest BCUT2D eigenvalue weighted by Gasteiger charge is -2.18. The third-order valence-electron chi connectivity index (χ3n) is 10.6. The van der Waals surface area contributed by atoms with Gasteiger partial charge in [-0.05, 0) is 84.3 Å². The van der Waals surface area contributed by atoms with Gasteiger partial charge in [0.15, 0.2) is 5.78 Å². The minimum absolute atomic E-state index is 0.0933. The van der Waals surface area contributed by atoms with Crippen molar-refractivity contribution >= 4 is 35.0 Å². The van der Waals surface area contributed by atoms with Gasteiger partial charge in [0.05, 0.1) is 26.7 Å². The van der Waals surface area contributed by atoms with Gasteiger partial charge in [0, 0.05) is 66.6 Å². The summed E-state index contributed by atoms with van der Waals surface area (Å²) in [5, 5.41) is 27.3. The van der Waals surface area contributed by atoms with Crippen molar-refractivity contribution in [3.05, 3.63) is 163 Å². The first kappa shape index (κ1) is 49.1. The highest BCUT2D eigenvalue weighted by Crippen LogP contribution is 2.37. The molecule has 0 aliphatic carbocycles. The summed E-state index contributed by atoms with van der Waals surface area (Å²) in [6, 6.07) is 26.3. The fourth-order valence-corrected chi connectivity index (χ4v) is 7.07. The summed E-state index contributed by atoms with van der Waals surface area (Å²) in [4.78, 5) is 30.6. The van der Waals surface area contributed by atoms with E-state index < -0.39 is 5.97 Å². The minimum atomic E-state index is -0.695. The van der Waals surface area contributed by atoms with E-state index in [1.807, 2.05) is 45.0 Å². The van der Waals surface area contributed by atoms with Crippen LogP contribution in [0.5, 0.6) is 23.0 Å². The van der Waals surface area contributed by atoms with Gasteiger partial charge < -0.3 is 29.8 Å². The van der Waals surface area contributed by atoms with Crippen LogP contribution < -0.4 is 24.7 Å². The summed E-state index contributed by atoms with van der Waals surface area (Å²) < 4.78 is 24.6. The van der Waals surface area contributed by atoms with Gasteiger partial charge >= 0.3 is 5.97 Å². The minimum Gasteiger partial charge on any atom is -0.488 e. The molecule has 2 heterocycles. The number of nitriles is 2. The highest BCUT2D eigenvalue weighted by molar-refractivity contribution is 6.32. The van der Waals surface area contributed by atoms with Crippen molar-refractivity contribution in [2.75, 3.05) is 0 Å². The molecule has 0 bridgehead atoms. The average molecular weight is 915 g/mol. The molecule has 0 aliphatic heterocycles. The summed E-state index contributed by atoms with van der Waals surface area (Å²) >= 11 is 13.2. The molecule has 0 saturated carbocycles. The number of benzene rings is 4. The smallest absolute Gasteiger partial charge is 0.303 e. The van der Waals surface area contributed by atoms with Crippen LogP contribution in [0, 0.1) is 42.4 Å². The Labute approximate surface area is 389 Å². The zero-order valence-electron chi connectivity index (χ0n) is 36.8. The summed E-state index contributed by atoms with van der Waals surface area (Å²) in [6.07, 6.45) is 7.46. The van der Waals surface area contributed by atoms with Crippen LogP contribution in [0.2, 0.25) is 10.0 Å². The van der Waals surface area contributed by atoms with Gasteiger partial charge in [0.25, 0.3) is 0 Å². The molecule has 0 radical (unpaired) electrons. The number of Topliss-reactive ketones (excluding diaryl/α,β-unsaturated/α-hetero) is 1. The molecular formula is C51H49Cl2N5O7. The second-order valence-corrected chi connectivity index (χ2v) is 16.1. The number of hydrogen-bond donors (Lipinski definition) is 2. The summed E-state index contributed by atoms with van der Waals surface area (Å²) in [6.45, 7) is 10.4. The number of carbonyl (C=O) groups excluding carboxylic acids is 1. The number of ketones is 1. The van der Waals surface area contributed by atoms with E-state index in [2.05, 4.69) is 41.2 Å². The van der Waals surface area contributed by atoms with Gasteiger partial charge in [-0.3, -0.25) is 19.6 Å². The third-order valence-corrected chi connectivity index (χ3v) is 11.1. The SMILES string of the molecule is CC(=O)c1cc(Cl)c(OCc2cccc(-c3cccc(COc4cc(OCc5cncc(C#N)c5)c(CN)cc4Cl)c3C)c2C)cc1OCc1cncc(C#N)c1.CCC(C)CC(=O)O. The average Bonchev–Trinajstić information content (AvgIpc) is 3.30. The molecule has 6 aromatic rings. The molecule has 0 fully saturated rings. The topological polar surface area (TPSA) is 191 Å². The van der Waals surface area contributed by atoms with E-state index in [-0.39, 0.29) is 43.8 Å². The van der Waals surface area contributed by atoms with Crippen LogP contribution in [0.4, 0.5) is 0 Å². The molecule has 2 aromatic heterocycles. The molecule has 3 N–H and O–H groups in total. The van der Waals surface area contributed by atoms with Crippen molar-refractivity contribution in [2.45, 2.75) is 80.4 Å². The molecule has 0 aliphatic rings. The number of rotatable bonds is 18. The van der Waals surface area contributed by atoms with Crippen molar-refractivity contribution < 1.29 is 33.6 Å². The Kier molecular flexibility index (Phi) is 17.8.